The van der Waals surface area contributed by atoms with Crippen LogP contribution in [0.1, 0.15) is 36.0 Å². The molecule has 1 aliphatic carbocycles. The molecule has 2 aromatic rings. The number of hydrogen-bond donors (Lipinski definition) is 2. The highest BCUT2D eigenvalue weighted by molar-refractivity contribution is 7.18. The average Bonchev–Trinajstić information content (AvgIpc) is 3.07. The third-order valence-corrected chi connectivity index (χ3v) is 6.80. The number of carbonyl (C=O) groups is 1. The van der Waals surface area contributed by atoms with E-state index in [1.807, 2.05) is 24.0 Å². The van der Waals surface area contributed by atoms with Gasteiger partial charge < -0.3 is 14.8 Å². The molecular formula is C21H27N4O2S+. The zero-order chi connectivity index (χ0) is 19.5. The number of amides is 1. The van der Waals surface area contributed by atoms with E-state index in [9.17, 15) is 9.59 Å². The van der Waals surface area contributed by atoms with Crippen molar-refractivity contribution in [2.45, 2.75) is 39.2 Å². The Bertz CT molecular complexity index is 980. The minimum absolute atomic E-state index is 0.0155. The van der Waals surface area contributed by atoms with Crippen molar-refractivity contribution in [3.63, 3.8) is 0 Å². The molecule has 0 bridgehead atoms. The fraction of sp³-hybridized carbons (Fsp3) is 0.476. The molecule has 0 unspecified atom stereocenters. The van der Waals surface area contributed by atoms with Crippen LogP contribution in [-0.4, -0.2) is 47.0 Å². The molecule has 0 atom stereocenters. The van der Waals surface area contributed by atoms with Crippen molar-refractivity contribution in [1.29, 1.82) is 0 Å². The predicted octanol–water partition coefficient (Wildman–Crippen LogP) is 1.22. The Morgan fingerprint density at radius 2 is 2.04 bits per heavy atom. The standard InChI is InChI=1S/C21H26N4O2S/c1-2-3-4-9-18(26)25-12-10-24(11-13-25)14-17-22-20(27)19-15-7-5-6-8-16(15)28-21(19)23-17/h2-4,9H,5-8,10-14H2,1H3,(H,22,23,27)/p+1/b3-2+,9-4+. The largest absolute Gasteiger partial charge is 0.328 e. The molecule has 1 fully saturated rings. The molecule has 3 heterocycles. The highest BCUT2D eigenvalue weighted by atomic mass is 32.1. The average molecular weight is 400 g/mol. The maximum absolute atomic E-state index is 12.7. The molecule has 6 nitrogen and oxygen atoms in total. The summed E-state index contributed by atoms with van der Waals surface area (Å²) in [5.74, 6) is 0.827. The number of rotatable bonds is 4. The lowest BCUT2D eigenvalue weighted by atomic mass is 9.97. The molecule has 0 aromatic carbocycles. The number of carbonyl (C=O) groups excluding carboxylic acids is 1. The first-order valence-electron chi connectivity index (χ1n) is 10.1. The third kappa shape index (κ3) is 3.95. The Labute approximate surface area is 168 Å². The zero-order valence-corrected chi connectivity index (χ0v) is 17.1. The summed E-state index contributed by atoms with van der Waals surface area (Å²) in [6.45, 7) is 5.82. The second-order valence-corrected chi connectivity index (χ2v) is 8.62. The van der Waals surface area contributed by atoms with Gasteiger partial charge in [0.15, 0.2) is 5.82 Å². The van der Waals surface area contributed by atoms with Crippen molar-refractivity contribution in [2.75, 3.05) is 26.2 Å². The summed E-state index contributed by atoms with van der Waals surface area (Å²) < 4.78 is 0. The van der Waals surface area contributed by atoms with Crippen LogP contribution < -0.4 is 10.5 Å². The predicted molar refractivity (Wildman–Crippen MR) is 112 cm³/mol. The number of fused-ring (bicyclic) bond motifs is 3. The van der Waals surface area contributed by atoms with Gasteiger partial charge in [-0.1, -0.05) is 18.2 Å². The van der Waals surface area contributed by atoms with Crippen LogP contribution in [0.4, 0.5) is 0 Å². The lowest BCUT2D eigenvalue weighted by Gasteiger charge is -2.31. The van der Waals surface area contributed by atoms with Crippen LogP contribution in [-0.2, 0) is 24.2 Å². The molecule has 2 aliphatic rings. The Morgan fingerprint density at radius 1 is 1.25 bits per heavy atom. The number of nitrogens with one attached hydrogen (secondary N) is 2. The Kier molecular flexibility index (Phi) is 5.73. The van der Waals surface area contributed by atoms with Gasteiger partial charge in [0.2, 0.25) is 5.91 Å². The van der Waals surface area contributed by atoms with Crippen molar-refractivity contribution in [3.05, 3.63) is 50.9 Å². The fourth-order valence-corrected chi connectivity index (χ4v) is 5.38. The topological polar surface area (TPSA) is 70.5 Å². The molecule has 1 amide bonds. The van der Waals surface area contributed by atoms with Gasteiger partial charge in [0.25, 0.3) is 5.56 Å². The molecule has 0 saturated carbocycles. The summed E-state index contributed by atoms with van der Waals surface area (Å²) in [5.41, 5.74) is 1.25. The highest BCUT2D eigenvalue weighted by Gasteiger charge is 2.24. The van der Waals surface area contributed by atoms with Crippen LogP contribution in [0.2, 0.25) is 0 Å². The number of aromatic amines is 1. The van der Waals surface area contributed by atoms with E-state index in [1.165, 1.54) is 21.8 Å². The molecule has 1 saturated heterocycles. The molecule has 28 heavy (non-hydrogen) atoms. The molecule has 0 radical (unpaired) electrons. The fourth-order valence-electron chi connectivity index (χ4n) is 4.10. The van der Waals surface area contributed by atoms with E-state index >= 15 is 0 Å². The molecule has 2 N–H and O–H groups in total. The van der Waals surface area contributed by atoms with Gasteiger partial charge in [-0.2, -0.15) is 0 Å². The molecular weight excluding hydrogens is 372 g/mol. The summed E-state index contributed by atoms with van der Waals surface area (Å²) >= 11 is 1.70. The lowest BCUT2D eigenvalue weighted by Crippen LogP contribution is -3.13. The monoisotopic (exact) mass is 399 g/mol. The highest BCUT2D eigenvalue weighted by Crippen LogP contribution is 2.33. The number of nitrogens with zero attached hydrogens (tertiary/aromatic N) is 2. The maximum atomic E-state index is 12.7. The van der Waals surface area contributed by atoms with Crippen LogP contribution >= 0.6 is 11.3 Å². The minimum atomic E-state index is 0.0155. The number of thiophene rings is 1. The van der Waals surface area contributed by atoms with Crippen molar-refractivity contribution in [2.24, 2.45) is 0 Å². The Balaban J connectivity index is 1.42. The van der Waals surface area contributed by atoms with Crippen LogP contribution in [0, 0.1) is 0 Å². The van der Waals surface area contributed by atoms with Gasteiger partial charge in [-0.25, -0.2) is 4.98 Å². The Morgan fingerprint density at radius 3 is 2.82 bits per heavy atom. The van der Waals surface area contributed by atoms with E-state index < -0.39 is 0 Å². The summed E-state index contributed by atoms with van der Waals surface area (Å²) in [4.78, 5) is 38.1. The molecule has 0 spiro atoms. The van der Waals surface area contributed by atoms with Crippen molar-refractivity contribution < 1.29 is 9.69 Å². The molecule has 4 rings (SSSR count). The van der Waals surface area contributed by atoms with Gasteiger partial charge in [-0.05, 0) is 38.2 Å². The number of piperazine rings is 1. The normalized spacial score (nSPS) is 18.4. The quantitative estimate of drug-likeness (QED) is 0.600. The Hall–Kier alpha value is -2.25. The van der Waals surface area contributed by atoms with E-state index in [-0.39, 0.29) is 11.5 Å². The zero-order valence-electron chi connectivity index (χ0n) is 16.3. The lowest BCUT2D eigenvalue weighted by molar-refractivity contribution is -0.918. The molecule has 2 aromatic heterocycles. The number of hydrogen-bond acceptors (Lipinski definition) is 4. The molecule has 148 valence electrons. The minimum Gasteiger partial charge on any atom is -0.328 e. The summed E-state index contributed by atoms with van der Waals surface area (Å²) in [6.07, 6.45) is 11.6. The summed E-state index contributed by atoms with van der Waals surface area (Å²) in [7, 11) is 0. The van der Waals surface area contributed by atoms with E-state index in [0.29, 0.717) is 6.54 Å². The third-order valence-electron chi connectivity index (χ3n) is 5.62. The van der Waals surface area contributed by atoms with Crippen LogP contribution in [0.5, 0.6) is 0 Å². The van der Waals surface area contributed by atoms with Gasteiger partial charge in [-0.15, -0.1) is 11.3 Å². The number of aryl methyl sites for hydroxylation is 2. The SMILES string of the molecule is C/C=C/C=C/C(=O)N1CC[NH+](Cc2nc3sc4c(c3c(=O)[nH]2)CCCC4)CC1. The summed E-state index contributed by atoms with van der Waals surface area (Å²) in [5, 5.41) is 0.821. The number of allylic oxidation sites excluding steroid dienone is 3. The van der Waals surface area contributed by atoms with Crippen molar-refractivity contribution >= 4 is 27.5 Å². The van der Waals surface area contributed by atoms with Crippen LogP contribution in [0.25, 0.3) is 10.2 Å². The molecule has 7 heteroatoms. The first kappa shape index (κ1) is 19.1. The van der Waals surface area contributed by atoms with Crippen LogP contribution in [0.3, 0.4) is 0 Å². The first-order chi connectivity index (χ1) is 13.7. The van der Waals surface area contributed by atoms with Gasteiger partial charge in [0.05, 0.1) is 31.6 Å². The van der Waals surface area contributed by atoms with Gasteiger partial charge >= 0.3 is 0 Å². The van der Waals surface area contributed by atoms with E-state index in [0.717, 1.165) is 61.5 Å². The van der Waals surface area contributed by atoms with Gasteiger partial charge in [0, 0.05) is 11.0 Å². The van der Waals surface area contributed by atoms with E-state index in [4.69, 9.17) is 4.98 Å². The number of quaternary nitrogens is 1. The second kappa shape index (κ2) is 8.41. The van der Waals surface area contributed by atoms with Gasteiger partial charge in [0.1, 0.15) is 11.4 Å². The van der Waals surface area contributed by atoms with E-state index in [1.54, 1.807) is 23.5 Å². The summed E-state index contributed by atoms with van der Waals surface area (Å²) in [6, 6.07) is 0. The number of aromatic nitrogens is 2. The van der Waals surface area contributed by atoms with E-state index in [2.05, 4.69) is 4.98 Å². The van der Waals surface area contributed by atoms with Crippen molar-refractivity contribution in [1.82, 2.24) is 14.9 Å². The van der Waals surface area contributed by atoms with Crippen molar-refractivity contribution in [3.8, 4) is 0 Å². The second-order valence-electron chi connectivity index (χ2n) is 7.54. The maximum Gasteiger partial charge on any atom is 0.260 e. The van der Waals surface area contributed by atoms with Gasteiger partial charge in [-0.3, -0.25) is 9.59 Å². The first-order valence-corrected chi connectivity index (χ1v) is 10.9. The smallest absolute Gasteiger partial charge is 0.260 e. The van der Waals surface area contributed by atoms with Crippen LogP contribution in [0.15, 0.2) is 29.1 Å². The molecule has 1 aliphatic heterocycles. The number of H-pyrrole nitrogens is 1.